The van der Waals surface area contributed by atoms with Gasteiger partial charge < -0.3 is 9.73 Å². The van der Waals surface area contributed by atoms with Crippen LogP contribution in [0.5, 0.6) is 0 Å². The van der Waals surface area contributed by atoms with Gasteiger partial charge in [-0.05, 0) is 55.0 Å². The second kappa shape index (κ2) is 7.56. The molecule has 1 aliphatic rings. The average Bonchev–Trinajstić information content (AvgIpc) is 3.38. The topological polar surface area (TPSA) is 60.1 Å². The Hall–Kier alpha value is -3.52. The van der Waals surface area contributed by atoms with Gasteiger partial charge in [0.2, 0.25) is 0 Å². The number of rotatable bonds is 3. The van der Waals surface area contributed by atoms with Gasteiger partial charge in [0.1, 0.15) is 5.76 Å². The fourth-order valence-corrected chi connectivity index (χ4v) is 4.08. The number of aryl methyl sites for hydroxylation is 1. The van der Waals surface area contributed by atoms with E-state index in [4.69, 9.17) is 16.0 Å². The summed E-state index contributed by atoms with van der Waals surface area (Å²) in [6.45, 7) is 0. The molecule has 9 heteroatoms. The van der Waals surface area contributed by atoms with Crippen molar-refractivity contribution in [1.82, 2.24) is 9.78 Å². The SMILES string of the molecule is O=C(Nc1cccc(Cl)c1)c1ccc(-n2nc(C(F)(F)F)c3c2-c2ccoc2CC3)cc1. The molecule has 2 heterocycles. The smallest absolute Gasteiger partial charge is 0.435 e. The molecule has 0 aliphatic heterocycles. The molecule has 32 heavy (non-hydrogen) atoms. The number of anilines is 1. The van der Waals surface area contributed by atoms with Gasteiger partial charge in [-0.1, -0.05) is 17.7 Å². The predicted molar refractivity (Wildman–Crippen MR) is 113 cm³/mol. The molecular weight excluding hydrogens is 443 g/mol. The van der Waals surface area contributed by atoms with Gasteiger partial charge in [-0.25, -0.2) is 4.68 Å². The Balaban J connectivity index is 1.51. The number of halogens is 4. The summed E-state index contributed by atoms with van der Waals surface area (Å²) >= 11 is 5.93. The lowest BCUT2D eigenvalue weighted by molar-refractivity contribution is -0.142. The maximum absolute atomic E-state index is 13.7. The predicted octanol–water partition coefficient (Wildman–Crippen LogP) is 6.16. The van der Waals surface area contributed by atoms with Crippen LogP contribution in [-0.2, 0) is 19.0 Å². The van der Waals surface area contributed by atoms with E-state index in [0.717, 1.165) is 0 Å². The summed E-state index contributed by atoms with van der Waals surface area (Å²) in [5, 5.41) is 7.12. The second-order valence-corrected chi connectivity index (χ2v) is 7.79. The molecule has 0 radical (unpaired) electrons. The van der Waals surface area contributed by atoms with Crippen molar-refractivity contribution in [2.45, 2.75) is 19.0 Å². The van der Waals surface area contributed by atoms with Crippen LogP contribution in [0.1, 0.15) is 27.4 Å². The monoisotopic (exact) mass is 457 g/mol. The molecule has 162 valence electrons. The molecule has 0 saturated carbocycles. The number of alkyl halides is 3. The minimum atomic E-state index is -4.58. The number of amides is 1. The Labute approximate surface area is 185 Å². The van der Waals surface area contributed by atoms with Crippen molar-refractivity contribution < 1.29 is 22.4 Å². The number of fused-ring (bicyclic) bond motifs is 3. The molecular formula is C23H15ClF3N3O2. The third-order valence-corrected chi connectivity index (χ3v) is 5.55. The first-order valence-corrected chi connectivity index (χ1v) is 10.1. The summed E-state index contributed by atoms with van der Waals surface area (Å²) in [4.78, 5) is 12.5. The third-order valence-electron chi connectivity index (χ3n) is 5.31. The van der Waals surface area contributed by atoms with E-state index in [1.165, 1.54) is 23.1 Å². The minimum Gasteiger partial charge on any atom is -0.469 e. The lowest BCUT2D eigenvalue weighted by atomic mass is 9.94. The van der Waals surface area contributed by atoms with E-state index < -0.39 is 11.9 Å². The number of furan rings is 1. The summed E-state index contributed by atoms with van der Waals surface area (Å²) in [6, 6.07) is 14.6. The van der Waals surface area contributed by atoms with Gasteiger partial charge in [0, 0.05) is 33.8 Å². The van der Waals surface area contributed by atoms with Crippen LogP contribution in [0.3, 0.4) is 0 Å². The van der Waals surface area contributed by atoms with Gasteiger partial charge >= 0.3 is 6.18 Å². The number of carbonyl (C=O) groups excluding carboxylic acids is 1. The lowest BCUT2D eigenvalue weighted by Gasteiger charge is -2.15. The minimum absolute atomic E-state index is 0.147. The highest BCUT2D eigenvalue weighted by atomic mass is 35.5. The van der Waals surface area contributed by atoms with Crippen molar-refractivity contribution in [3.63, 3.8) is 0 Å². The molecule has 5 rings (SSSR count). The first-order valence-electron chi connectivity index (χ1n) is 9.74. The molecule has 2 aromatic heterocycles. The zero-order valence-corrected chi connectivity index (χ0v) is 17.2. The maximum Gasteiger partial charge on any atom is 0.435 e. The van der Waals surface area contributed by atoms with Crippen LogP contribution in [0.15, 0.2) is 65.3 Å². The van der Waals surface area contributed by atoms with Gasteiger partial charge in [0.15, 0.2) is 5.69 Å². The number of hydrogen-bond acceptors (Lipinski definition) is 3. The summed E-state index contributed by atoms with van der Waals surface area (Å²) in [5.41, 5.74) is 1.49. The third kappa shape index (κ3) is 3.56. The molecule has 0 saturated heterocycles. The van der Waals surface area contributed by atoms with E-state index >= 15 is 0 Å². The molecule has 0 bridgehead atoms. The van der Waals surface area contributed by atoms with Gasteiger partial charge in [0.05, 0.1) is 17.6 Å². The fourth-order valence-electron chi connectivity index (χ4n) is 3.89. The molecule has 2 aromatic carbocycles. The Morgan fingerprint density at radius 3 is 2.59 bits per heavy atom. The highest BCUT2D eigenvalue weighted by molar-refractivity contribution is 6.31. The summed E-state index contributed by atoms with van der Waals surface area (Å²) in [5.74, 6) is 0.263. The van der Waals surface area contributed by atoms with Crippen molar-refractivity contribution >= 4 is 23.2 Å². The quantitative estimate of drug-likeness (QED) is 0.401. The summed E-state index contributed by atoms with van der Waals surface area (Å²) < 4.78 is 47.6. The fraction of sp³-hybridized carbons (Fsp3) is 0.130. The number of benzene rings is 2. The highest BCUT2D eigenvalue weighted by Crippen LogP contribution is 2.42. The number of aromatic nitrogens is 2. The van der Waals surface area contributed by atoms with Crippen molar-refractivity contribution in [3.05, 3.63) is 88.5 Å². The maximum atomic E-state index is 13.7. The normalized spacial score (nSPS) is 12.9. The average molecular weight is 458 g/mol. The van der Waals surface area contributed by atoms with E-state index in [1.807, 2.05) is 0 Å². The Morgan fingerprint density at radius 1 is 1.09 bits per heavy atom. The zero-order chi connectivity index (χ0) is 22.5. The largest absolute Gasteiger partial charge is 0.469 e. The Kier molecular flexibility index (Phi) is 4.82. The van der Waals surface area contributed by atoms with E-state index in [9.17, 15) is 18.0 Å². The first kappa shape index (κ1) is 20.4. The van der Waals surface area contributed by atoms with Crippen molar-refractivity contribution in [2.75, 3.05) is 5.32 Å². The molecule has 5 nitrogen and oxygen atoms in total. The van der Waals surface area contributed by atoms with E-state index in [2.05, 4.69) is 10.4 Å². The molecule has 0 unspecified atom stereocenters. The van der Waals surface area contributed by atoms with Crippen LogP contribution in [0, 0.1) is 0 Å². The van der Waals surface area contributed by atoms with Crippen molar-refractivity contribution in [2.24, 2.45) is 0 Å². The number of hydrogen-bond donors (Lipinski definition) is 1. The van der Waals surface area contributed by atoms with Gasteiger partial charge in [-0.15, -0.1) is 0 Å². The lowest BCUT2D eigenvalue weighted by Crippen LogP contribution is -2.12. The molecule has 0 fully saturated rings. The molecule has 0 atom stereocenters. The molecule has 1 N–H and O–H groups in total. The van der Waals surface area contributed by atoms with Crippen LogP contribution >= 0.6 is 11.6 Å². The van der Waals surface area contributed by atoms with Crippen molar-refractivity contribution in [1.29, 1.82) is 0 Å². The van der Waals surface area contributed by atoms with E-state index in [-0.39, 0.29) is 17.9 Å². The molecule has 1 aliphatic carbocycles. The van der Waals surface area contributed by atoms with Crippen LogP contribution in [0.25, 0.3) is 16.9 Å². The van der Waals surface area contributed by atoms with E-state index in [1.54, 1.807) is 42.5 Å². The number of nitrogens with one attached hydrogen (secondary N) is 1. The van der Waals surface area contributed by atoms with Crippen LogP contribution in [0.4, 0.5) is 18.9 Å². The molecule has 4 aromatic rings. The van der Waals surface area contributed by atoms with Crippen LogP contribution in [-0.4, -0.2) is 15.7 Å². The first-order chi connectivity index (χ1) is 15.3. The molecule has 1 amide bonds. The highest BCUT2D eigenvalue weighted by Gasteiger charge is 2.41. The van der Waals surface area contributed by atoms with Gasteiger partial charge in [-0.3, -0.25) is 4.79 Å². The second-order valence-electron chi connectivity index (χ2n) is 7.35. The summed E-state index contributed by atoms with van der Waals surface area (Å²) in [6.07, 6.45) is -2.54. The zero-order valence-electron chi connectivity index (χ0n) is 16.4. The number of carbonyl (C=O) groups is 1. The Bertz CT molecular complexity index is 1320. The number of nitrogens with zero attached hydrogens (tertiary/aromatic N) is 2. The summed E-state index contributed by atoms with van der Waals surface area (Å²) in [7, 11) is 0. The van der Waals surface area contributed by atoms with Crippen LogP contribution in [0.2, 0.25) is 5.02 Å². The standard InChI is InChI=1S/C23H15ClF3N3O2/c24-14-2-1-3-15(12-14)28-22(31)13-4-6-16(7-5-13)30-20-17-10-11-32-19(17)9-8-18(20)21(29-30)23(25,26)27/h1-7,10-12H,8-9H2,(H,28,31). The van der Waals surface area contributed by atoms with Gasteiger partial charge in [0.25, 0.3) is 5.91 Å². The molecule has 0 spiro atoms. The Morgan fingerprint density at radius 2 is 1.88 bits per heavy atom. The van der Waals surface area contributed by atoms with E-state index in [0.29, 0.717) is 45.4 Å². The van der Waals surface area contributed by atoms with Gasteiger partial charge in [-0.2, -0.15) is 18.3 Å². The van der Waals surface area contributed by atoms with Crippen LogP contribution < -0.4 is 5.32 Å². The van der Waals surface area contributed by atoms with Crippen molar-refractivity contribution in [3.8, 4) is 16.9 Å².